The van der Waals surface area contributed by atoms with E-state index in [4.69, 9.17) is 4.74 Å². The van der Waals surface area contributed by atoms with E-state index < -0.39 is 6.10 Å². The Kier molecular flexibility index (Phi) is 8.50. The van der Waals surface area contributed by atoms with E-state index in [2.05, 4.69) is 31.2 Å². The van der Waals surface area contributed by atoms with Crippen molar-refractivity contribution in [1.29, 1.82) is 0 Å². The number of aliphatic hydroxyl groups is 1. The van der Waals surface area contributed by atoms with Gasteiger partial charge in [-0.1, -0.05) is 24.3 Å². The van der Waals surface area contributed by atoms with Crippen LogP contribution in [0.3, 0.4) is 0 Å². The van der Waals surface area contributed by atoms with Gasteiger partial charge in [-0.3, -0.25) is 4.99 Å². The molecule has 1 atom stereocenters. The fraction of sp³-hybridized carbons (Fsp3) is 0.440. The number of nitrogens with one attached hydrogen (secondary N) is 2. The van der Waals surface area contributed by atoms with Crippen molar-refractivity contribution in [3.8, 4) is 5.75 Å². The van der Waals surface area contributed by atoms with Gasteiger partial charge in [-0.2, -0.15) is 0 Å². The second-order valence-corrected chi connectivity index (χ2v) is 8.05. The van der Waals surface area contributed by atoms with Crippen molar-refractivity contribution in [3.05, 3.63) is 59.9 Å². The first-order chi connectivity index (χ1) is 15.5. The lowest BCUT2D eigenvalue weighted by molar-refractivity contribution is 0.186. The molecule has 2 aromatic carbocycles. The van der Waals surface area contributed by atoms with Gasteiger partial charge in [0.2, 0.25) is 0 Å². The summed E-state index contributed by atoms with van der Waals surface area (Å²) in [5.74, 6) is 2.54. The molecule has 1 unspecified atom stereocenters. The average Bonchev–Trinajstić information content (AvgIpc) is 3.09. The lowest BCUT2D eigenvalue weighted by Gasteiger charge is -2.15. The summed E-state index contributed by atoms with van der Waals surface area (Å²) in [7, 11) is 0. The van der Waals surface area contributed by atoms with Crippen LogP contribution in [-0.4, -0.2) is 46.4 Å². The molecule has 0 aliphatic carbocycles. The van der Waals surface area contributed by atoms with Crippen molar-refractivity contribution in [1.82, 2.24) is 20.2 Å². The Morgan fingerprint density at radius 1 is 1.12 bits per heavy atom. The summed E-state index contributed by atoms with van der Waals surface area (Å²) in [6.07, 6.45) is 0.393. The highest BCUT2D eigenvalue weighted by Gasteiger charge is 2.09. The molecule has 0 amide bonds. The minimum atomic E-state index is -0.668. The predicted molar refractivity (Wildman–Crippen MR) is 130 cm³/mol. The number of aromatic nitrogens is 2. The quantitative estimate of drug-likeness (QED) is 0.255. The molecular formula is C25H35N5O2. The second-order valence-electron chi connectivity index (χ2n) is 8.05. The first kappa shape index (κ1) is 23.6. The topological polar surface area (TPSA) is 83.7 Å². The number of hydrogen-bond acceptors (Lipinski definition) is 4. The van der Waals surface area contributed by atoms with E-state index in [1.165, 1.54) is 5.52 Å². The third kappa shape index (κ3) is 6.47. The summed E-state index contributed by atoms with van der Waals surface area (Å²) in [5, 5.41) is 17.1. The van der Waals surface area contributed by atoms with Gasteiger partial charge in [0.25, 0.3) is 0 Å². The van der Waals surface area contributed by atoms with Crippen LogP contribution in [0.4, 0.5) is 0 Å². The van der Waals surface area contributed by atoms with Crippen LogP contribution in [0.2, 0.25) is 0 Å². The van der Waals surface area contributed by atoms with Gasteiger partial charge in [0.15, 0.2) is 5.96 Å². The fourth-order valence-electron chi connectivity index (χ4n) is 3.59. The summed E-state index contributed by atoms with van der Waals surface area (Å²) < 4.78 is 7.90. The highest BCUT2D eigenvalue weighted by Crippen LogP contribution is 2.19. The number of hydrogen-bond donors (Lipinski definition) is 3. The number of aryl methyl sites for hydroxylation is 2. The molecule has 0 fully saturated rings. The number of fused-ring (bicyclic) bond motifs is 1. The number of benzene rings is 2. The van der Waals surface area contributed by atoms with Gasteiger partial charge in [-0.25, -0.2) is 4.98 Å². The standard InChI is InChI=1S/C25H35N5O2/c1-5-26-25(28-17-24(31)20-11-13-21(14-12-20)32-18(2)3)27-15-8-16-30-19(4)29-22-9-6-7-10-23(22)30/h6-7,9-14,18,24,31H,5,8,15-17H2,1-4H3,(H2,26,27,28). The molecule has 1 heterocycles. The van der Waals surface area contributed by atoms with E-state index in [0.29, 0.717) is 5.96 Å². The van der Waals surface area contributed by atoms with Crippen LogP contribution in [0.5, 0.6) is 5.75 Å². The first-order valence-electron chi connectivity index (χ1n) is 11.4. The van der Waals surface area contributed by atoms with E-state index in [1.807, 2.05) is 70.2 Å². The minimum absolute atomic E-state index is 0.125. The van der Waals surface area contributed by atoms with Crippen molar-refractivity contribution >= 4 is 17.0 Å². The van der Waals surface area contributed by atoms with E-state index in [-0.39, 0.29) is 12.6 Å². The molecule has 7 nitrogen and oxygen atoms in total. The van der Waals surface area contributed by atoms with Crippen LogP contribution in [-0.2, 0) is 6.54 Å². The van der Waals surface area contributed by atoms with Crippen molar-refractivity contribution in [2.24, 2.45) is 4.99 Å². The van der Waals surface area contributed by atoms with Crippen LogP contribution in [0, 0.1) is 6.92 Å². The Balaban J connectivity index is 1.51. The Morgan fingerprint density at radius 2 is 1.88 bits per heavy atom. The molecule has 3 N–H and O–H groups in total. The van der Waals surface area contributed by atoms with E-state index >= 15 is 0 Å². The smallest absolute Gasteiger partial charge is 0.191 e. The molecule has 3 aromatic rings. The summed E-state index contributed by atoms with van der Waals surface area (Å²) in [6.45, 7) is 10.8. The normalized spacial score (nSPS) is 12.9. The van der Waals surface area contributed by atoms with Crippen LogP contribution >= 0.6 is 0 Å². The highest BCUT2D eigenvalue weighted by molar-refractivity contribution is 5.79. The Morgan fingerprint density at radius 3 is 2.59 bits per heavy atom. The van der Waals surface area contributed by atoms with Gasteiger partial charge in [-0.15, -0.1) is 0 Å². The third-order valence-corrected chi connectivity index (χ3v) is 5.10. The number of rotatable bonds is 10. The van der Waals surface area contributed by atoms with Crippen molar-refractivity contribution in [3.63, 3.8) is 0 Å². The van der Waals surface area contributed by atoms with Crippen molar-refractivity contribution in [2.75, 3.05) is 19.6 Å². The molecule has 3 rings (SSSR count). The monoisotopic (exact) mass is 437 g/mol. The second kappa shape index (κ2) is 11.5. The summed E-state index contributed by atoms with van der Waals surface area (Å²) >= 11 is 0. The van der Waals surface area contributed by atoms with E-state index in [1.54, 1.807) is 0 Å². The van der Waals surface area contributed by atoms with Crippen LogP contribution in [0.15, 0.2) is 53.5 Å². The number of ether oxygens (including phenoxy) is 1. The molecule has 0 radical (unpaired) electrons. The van der Waals surface area contributed by atoms with E-state index in [0.717, 1.165) is 48.7 Å². The molecule has 0 bridgehead atoms. The maximum atomic E-state index is 10.5. The lowest BCUT2D eigenvalue weighted by atomic mass is 10.1. The maximum Gasteiger partial charge on any atom is 0.191 e. The zero-order valence-corrected chi connectivity index (χ0v) is 19.5. The first-order valence-corrected chi connectivity index (χ1v) is 11.4. The van der Waals surface area contributed by atoms with Gasteiger partial charge in [-0.05, 0) is 63.9 Å². The molecular weight excluding hydrogens is 402 g/mol. The molecule has 7 heteroatoms. The van der Waals surface area contributed by atoms with Gasteiger partial charge in [0.05, 0.1) is 29.8 Å². The summed E-state index contributed by atoms with van der Waals surface area (Å²) in [6, 6.07) is 15.7. The molecule has 0 aliphatic heterocycles. The minimum Gasteiger partial charge on any atom is -0.491 e. The lowest BCUT2D eigenvalue weighted by Crippen LogP contribution is -2.38. The Labute approximate surface area is 190 Å². The molecule has 0 aliphatic rings. The average molecular weight is 438 g/mol. The van der Waals surface area contributed by atoms with Gasteiger partial charge in [0, 0.05) is 19.6 Å². The number of guanidine groups is 1. The zero-order valence-electron chi connectivity index (χ0n) is 19.5. The third-order valence-electron chi connectivity index (χ3n) is 5.10. The largest absolute Gasteiger partial charge is 0.491 e. The van der Waals surface area contributed by atoms with E-state index in [9.17, 15) is 5.11 Å². The van der Waals surface area contributed by atoms with Gasteiger partial charge >= 0.3 is 0 Å². The SMILES string of the molecule is CCNC(=NCC(O)c1ccc(OC(C)C)cc1)NCCCn1c(C)nc2ccccc21. The Bertz CT molecular complexity index is 1010. The molecule has 0 saturated heterocycles. The van der Waals surface area contributed by atoms with Crippen LogP contribution in [0.25, 0.3) is 11.0 Å². The van der Waals surface area contributed by atoms with Crippen LogP contribution in [0.1, 0.15) is 44.7 Å². The zero-order chi connectivity index (χ0) is 22.9. The van der Waals surface area contributed by atoms with Crippen molar-refractivity contribution < 1.29 is 9.84 Å². The molecule has 1 aromatic heterocycles. The summed E-state index contributed by atoms with van der Waals surface area (Å²) in [4.78, 5) is 9.18. The van der Waals surface area contributed by atoms with Gasteiger partial charge in [0.1, 0.15) is 11.6 Å². The van der Waals surface area contributed by atoms with Gasteiger partial charge < -0.3 is 25.0 Å². The van der Waals surface area contributed by atoms with Crippen molar-refractivity contribution in [2.45, 2.75) is 52.9 Å². The predicted octanol–water partition coefficient (Wildman–Crippen LogP) is 3.81. The maximum absolute atomic E-state index is 10.5. The molecule has 32 heavy (non-hydrogen) atoms. The van der Waals surface area contributed by atoms with Crippen LogP contribution < -0.4 is 15.4 Å². The Hall–Kier alpha value is -3.06. The molecule has 0 saturated carbocycles. The molecule has 172 valence electrons. The summed E-state index contributed by atoms with van der Waals surface area (Å²) in [5.41, 5.74) is 3.02. The number of para-hydroxylation sites is 2. The highest BCUT2D eigenvalue weighted by atomic mass is 16.5. The fourth-order valence-corrected chi connectivity index (χ4v) is 3.59. The number of imidazole rings is 1. The number of aliphatic imine (C=N–C) groups is 1. The number of aliphatic hydroxyl groups excluding tert-OH is 1. The number of nitrogens with zero attached hydrogens (tertiary/aromatic N) is 3. The molecule has 0 spiro atoms.